The molecule has 1 heterocycles. The molecule has 0 saturated carbocycles. The van der Waals surface area contributed by atoms with Crippen LogP contribution in [0, 0.1) is 0 Å². The molecular weight excluding hydrogens is 370 g/mol. The third-order valence-electron chi connectivity index (χ3n) is 4.26. The molecule has 3 aromatic carbocycles. The Balaban J connectivity index is 1.72. The second-order valence-corrected chi connectivity index (χ2v) is 6.63. The van der Waals surface area contributed by atoms with Gasteiger partial charge in [0.15, 0.2) is 0 Å². The molecule has 136 valence electrons. The summed E-state index contributed by atoms with van der Waals surface area (Å²) in [4.78, 5) is 17.5. The highest BCUT2D eigenvalue weighted by Gasteiger charge is 2.14. The smallest absolute Gasteiger partial charge is 0.267 e. The predicted octanol–water partition coefficient (Wildman–Crippen LogP) is 5.32. The van der Waals surface area contributed by atoms with Gasteiger partial charge >= 0.3 is 0 Å². The Hall–Kier alpha value is -3.50. The fourth-order valence-corrected chi connectivity index (χ4v) is 3.08. The summed E-state index contributed by atoms with van der Waals surface area (Å²) in [5.74, 6) is -0.320. The summed E-state index contributed by atoms with van der Waals surface area (Å²) in [5, 5.41) is 5.30. The van der Waals surface area contributed by atoms with Gasteiger partial charge < -0.3 is 0 Å². The van der Waals surface area contributed by atoms with Crippen molar-refractivity contribution >= 4 is 34.6 Å². The number of halogens is 1. The molecule has 0 saturated heterocycles. The maximum atomic E-state index is 12.8. The zero-order valence-corrected chi connectivity index (χ0v) is 15.6. The first kappa shape index (κ1) is 17.9. The SMILES string of the molecule is O=C(N/N=C/c1ccccc1)c1cc(-c2ccccc2)nc2ccc(Cl)cc12. The first-order valence-electron chi connectivity index (χ1n) is 8.75. The number of carbonyl (C=O) groups excluding carboxylic acids is 1. The van der Waals surface area contributed by atoms with Crippen molar-refractivity contribution in [3.63, 3.8) is 0 Å². The van der Waals surface area contributed by atoms with Gasteiger partial charge in [-0.05, 0) is 29.8 Å². The van der Waals surface area contributed by atoms with Crippen molar-refractivity contribution < 1.29 is 4.79 Å². The van der Waals surface area contributed by atoms with E-state index in [9.17, 15) is 4.79 Å². The third kappa shape index (κ3) is 3.92. The maximum absolute atomic E-state index is 12.8. The van der Waals surface area contributed by atoms with Crippen molar-refractivity contribution in [1.82, 2.24) is 10.4 Å². The van der Waals surface area contributed by atoms with Crippen molar-refractivity contribution in [1.29, 1.82) is 0 Å². The monoisotopic (exact) mass is 385 g/mol. The van der Waals surface area contributed by atoms with Crippen molar-refractivity contribution in [3.05, 3.63) is 101 Å². The average Bonchev–Trinajstić information content (AvgIpc) is 2.74. The van der Waals surface area contributed by atoms with Crippen LogP contribution in [0.3, 0.4) is 0 Å². The maximum Gasteiger partial charge on any atom is 0.272 e. The van der Waals surface area contributed by atoms with Crippen LogP contribution < -0.4 is 5.43 Å². The molecule has 1 amide bonds. The first-order valence-corrected chi connectivity index (χ1v) is 9.13. The lowest BCUT2D eigenvalue weighted by Crippen LogP contribution is -2.18. The molecule has 28 heavy (non-hydrogen) atoms. The molecule has 0 aliphatic carbocycles. The number of pyridine rings is 1. The van der Waals surface area contributed by atoms with Crippen molar-refractivity contribution in [2.45, 2.75) is 0 Å². The molecule has 0 bridgehead atoms. The molecule has 4 nitrogen and oxygen atoms in total. The first-order chi connectivity index (χ1) is 13.7. The van der Waals surface area contributed by atoms with E-state index < -0.39 is 0 Å². The Labute approximate surface area is 167 Å². The third-order valence-corrected chi connectivity index (χ3v) is 4.50. The summed E-state index contributed by atoms with van der Waals surface area (Å²) in [5.41, 5.74) is 6.31. The molecular formula is C23H16ClN3O. The van der Waals surface area contributed by atoms with E-state index in [1.54, 1.807) is 24.4 Å². The van der Waals surface area contributed by atoms with Crippen LogP contribution in [0.25, 0.3) is 22.2 Å². The van der Waals surface area contributed by atoms with E-state index in [2.05, 4.69) is 15.5 Å². The second-order valence-electron chi connectivity index (χ2n) is 6.19. The summed E-state index contributed by atoms with van der Waals surface area (Å²) < 4.78 is 0. The average molecular weight is 386 g/mol. The van der Waals surface area contributed by atoms with Crippen LogP contribution in [0.4, 0.5) is 0 Å². The predicted molar refractivity (Wildman–Crippen MR) is 114 cm³/mol. The van der Waals surface area contributed by atoms with E-state index in [1.165, 1.54) is 0 Å². The van der Waals surface area contributed by atoms with E-state index >= 15 is 0 Å². The number of nitrogens with one attached hydrogen (secondary N) is 1. The highest BCUT2D eigenvalue weighted by atomic mass is 35.5. The van der Waals surface area contributed by atoms with Crippen molar-refractivity contribution in [2.75, 3.05) is 0 Å². The number of nitrogens with zero attached hydrogens (tertiary/aromatic N) is 2. The van der Waals surface area contributed by atoms with Gasteiger partial charge in [0.2, 0.25) is 0 Å². The second kappa shape index (κ2) is 8.03. The van der Waals surface area contributed by atoms with Crippen LogP contribution in [-0.2, 0) is 0 Å². The number of carbonyl (C=O) groups is 1. The minimum atomic E-state index is -0.320. The zero-order chi connectivity index (χ0) is 19.3. The van der Waals surface area contributed by atoms with Crippen molar-refractivity contribution in [2.24, 2.45) is 5.10 Å². The normalized spacial score (nSPS) is 11.0. The molecule has 1 N–H and O–H groups in total. The molecule has 0 radical (unpaired) electrons. The number of aromatic nitrogens is 1. The van der Waals surface area contributed by atoms with Gasteiger partial charge in [0, 0.05) is 16.0 Å². The van der Waals surface area contributed by atoms with Crippen LogP contribution in [-0.4, -0.2) is 17.1 Å². The fraction of sp³-hybridized carbons (Fsp3) is 0. The molecule has 0 aliphatic heterocycles. The largest absolute Gasteiger partial charge is 0.272 e. The van der Waals surface area contributed by atoms with E-state index in [0.717, 1.165) is 11.1 Å². The summed E-state index contributed by atoms with van der Waals surface area (Å²) >= 11 is 6.15. The minimum Gasteiger partial charge on any atom is -0.267 e. The Morgan fingerprint density at radius 2 is 1.64 bits per heavy atom. The number of hydrazone groups is 1. The van der Waals surface area contributed by atoms with Gasteiger partial charge in [0.1, 0.15) is 0 Å². The quantitative estimate of drug-likeness (QED) is 0.382. The van der Waals surface area contributed by atoms with Crippen LogP contribution in [0.5, 0.6) is 0 Å². The molecule has 4 aromatic rings. The lowest BCUT2D eigenvalue weighted by atomic mass is 10.0. The van der Waals surface area contributed by atoms with Gasteiger partial charge in [-0.25, -0.2) is 10.4 Å². The highest BCUT2D eigenvalue weighted by molar-refractivity contribution is 6.31. The molecule has 5 heteroatoms. The van der Waals surface area contributed by atoms with Gasteiger partial charge in [0.05, 0.1) is 23.0 Å². The van der Waals surface area contributed by atoms with Gasteiger partial charge in [-0.2, -0.15) is 5.10 Å². The summed E-state index contributed by atoms with van der Waals surface area (Å²) in [7, 11) is 0. The van der Waals surface area contributed by atoms with Gasteiger partial charge in [-0.15, -0.1) is 0 Å². The Morgan fingerprint density at radius 1 is 0.929 bits per heavy atom. The lowest BCUT2D eigenvalue weighted by molar-refractivity contribution is 0.0957. The molecule has 0 atom stereocenters. The number of rotatable bonds is 4. The fourth-order valence-electron chi connectivity index (χ4n) is 2.91. The summed E-state index contributed by atoms with van der Waals surface area (Å²) in [6.07, 6.45) is 1.60. The Kier molecular flexibility index (Phi) is 5.13. The number of fused-ring (bicyclic) bond motifs is 1. The molecule has 1 aromatic heterocycles. The van der Waals surface area contributed by atoms with E-state index in [-0.39, 0.29) is 5.91 Å². The van der Waals surface area contributed by atoms with Crippen LogP contribution in [0.1, 0.15) is 15.9 Å². The standard InChI is InChI=1S/C23H16ClN3O/c24-18-11-12-21-19(13-18)20(14-22(26-21)17-9-5-2-6-10-17)23(28)27-25-15-16-7-3-1-4-8-16/h1-15H,(H,27,28)/b25-15+. The Bertz CT molecular complexity index is 1160. The van der Waals surface area contributed by atoms with E-state index in [1.807, 2.05) is 66.7 Å². The molecule has 4 rings (SSSR count). The van der Waals surface area contributed by atoms with E-state index in [0.29, 0.717) is 27.2 Å². The van der Waals surface area contributed by atoms with Gasteiger partial charge in [-0.3, -0.25) is 4.79 Å². The van der Waals surface area contributed by atoms with Gasteiger partial charge in [-0.1, -0.05) is 72.3 Å². The summed E-state index contributed by atoms with van der Waals surface area (Å²) in [6, 6.07) is 26.4. The zero-order valence-electron chi connectivity index (χ0n) is 14.8. The molecule has 0 unspecified atom stereocenters. The van der Waals surface area contributed by atoms with Crippen LogP contribution in [0.2, 0.25) is 5.02 Å². The summed E-state index contributed by atoms with van der Waals surface area (Å²) in [6.45, 7) is 0. The number of benzene rings is 3. The lowest BCUT2D eigenvalue weighted by Gasteiger charge is -2.09. The van der Waals surface area contributed by atoms with Crippen LogP contribution >= 0.6 is 11.6 Å². The number of hydrogen-bond donors (Lipinski definition) is 1. The topological polar surface area (TPSA) is 54.4 Å². The number of hydrogen-bond acceptors (Lipinski definition) is 3. The Morgan fingerprint density at radius 3 is 2.39 bits per heavy atom. The highest BCUT2D eigenvalue weighted by Crippen LogP contribution is 2.27. The number of amides is 1. The minimum absolute atomic E-state index is 0.320. The molecule has 0 fully saturated rings. The van der Waals surface area contributed by atoms with Crippen LogP contribution in [0.15, 0.2) is 90.0 Å². The van der Waals surface area contributed by atoms with Crippen molar-refractivity contribution in [3.8, 4) is 11.3 Å². The molecule has 0 aliphatic rings. The van der Waals surface area contributed by atoms with Gasteiger partial charge in [0.25, 0.3) is 5.91 Å². The molecule has 0 spiro atoms. The van der Waals surface area contributed by atoms with E-state index in [4.69, 9.17) is 11.6 Å².